The van der Waals surface area contributed by atoms with E-state index in [9.17, 15) is 0 Å². The average Bonchev–Trinajstić information content (AvgIpc) is 2.74. The van der Waals surface area contributed by atoms with Crippen molar-refractivity contribution in [3.8, 4) is 6.07 Å². The van der Waals surface area contributed by atoms with Crippen LogP contribution < -0.4 is 5.32 Å². The Morgan fingerprint density at radius 2 is 2.07 bits per heavy atom. The predicted octanol–water partition coefficient (Wildman–Crippen LogP) is 3.34. The molecule has 3 heteroatoms. The van der Waals surface area contributed by atoms with E-state index in [-0.39, 0.29) is 0 Å². The van der Waals surface area contributed by atoms with Crippen LogP contribution in [0.1, 0.15) is 18.4 Å². The Morgan fingerprint density at radius 3 is 2.73 bits per heavy atom. The van der Waals surface area contributed by atoms with Crippen LogP contribution in [0.3, 0.4) is 0 Å². The molecule has 1 aromatic rings. The molecule has 2 rings (SSSR count). The van der Waals surface area contributed by atoms with Crippen molar-refractivity contribution in [2.75, 3.05) is 5.32 Å². The van der Waals surface area contributed by atoms with Crippen LogP contribution in [0.2, 0.25) is 5.02 Å². The number of nitrogens with one attached hydrogen (secondary N) is 1. The highest BCUT2D eigenvalue weighted by atomic mass is 35.5. The molecule has 0 heterocycles. The summed E-state index contributed by atoms with van der Waals surface area (Å²) in [5.74, 6) is 0. The lowest BCUT2D eigenvalue weighted by atomic mass is 10.1. The summed E-state index contributed by atoms with van der Waals surface area (Å²) in [5, 5.41) is 12.9. The van der Waals surface area contributed by atoms with Crippen LogP contribution in [0.15, 0.2) is 30.4 Å². The summed E-state index contributed by atoms with van der Waals surface area (Å²) in [5.41, 5.74) is 1.37. The second-order valence-electron chi connectivity index (χ2n) is 3.56. The summed E-state index contributed by atoms with van der Waals surface area (Å²) in [7, 11) is 0. The van der Waals surface area contributed by atoms with Gasteiger partial charge in [-0.05, 0) is 25.0 Å². The molecule has 15 heavy (non-hydrogen) atoms. The van der Waals surface area contributed by atoms with Crippen LogP contribution in [0, 0.1) is 11.3 Å². The first-order valence-electron chi connectivity index (χ1n) is 4.91. The SMILES string of the molecule is N#Cc1cccc(Cl)c1NC1CC=CC1. The van der Waals surface area contributed by atoms with Gasteiger partial charge < -0.3 is 5.32 Å². The molecule has 0 aliphatic heterocycles. The Balaban J connectivity index is 2.23. The van der Waals surface area contributed by atoms with Crippen LogP contribution >= 0.6 is 11.6 Å². The Morgan fingerprint density at radius 1 is 1.33 bits per heavy atom. The van der Waals surface area contributed by atoms with Gasteiger partial charge in [0.1, 0.15) is 6.07 Å². The fourth-order valence-electron chi connectivity index (χ4n) is 1.70. The number of nitrogens with zero attached hydrogens (tertiary/aromatic N) is 1. The molecule has 1 aromatic carbocycles. The Hall–Kier alpha value is -1.46. The Kier molecular flexibility index (Phi) is 2.94. The predicted molar refractivity (Wildman–Crippen MR) is 62.0 cm³/mol. The van der Waals surface area contributed by atoms with Crippen LogP contribution in [0.25, 0.3) is 0 Å². The first-order chi connectivity index (χ1) is 7.31. The van der Waals surface area contributed by atoms with Crippen molar-refractivity contribution in [3.05, 3.63) is 40.9 Å². The lowest BCUT2D eigenvalue weighted by Gasteiger charge is -2.15. The summed E-state index contributed by atoms with van der Waals surface area (Å²) >= 11 is 6.05. The zero-order valence-corrected chi connectivity index (χ0v) is 8.96. The monoisotopic (exact) mass is 218 g/mol. The zero-order valence-electron chi connectivity index (χ0n) is 8.20. The quantitative estimate of drug-likeness (QED) is 0.773. The van der Waals surface area contributed by atoms with Crippen molar-refractivity contribution in [1.29, 1.82) is 5.26 Å². The number of nitriles is 1. The fraction of sp³-hybridized carbons (Fsp3) is 0.250. The molecule has 0 fully saturated rings. The summed E-state index contributed by atoms with van der Waals surface area (Å²) < 4.78 is 0. The molecule has 0 atom stereocenters. The van der Waals surface area contributed by atoms with Crippen molar-refractivity contribution < 1.29 is 0 Å². The van der Waals surface area contributed by atoms with Crippen LogP contribution in [-0.2, 0) is 0 Å². The molecule has 0 aromatic heterocycles. The Labute approximate surface area is 94.2 Å². The number of anilines is 1. The number of hydrogen-bond acceptors (Lipinski definition) is 2. The molecule has 2 nitrogen and oxygen atoms in total. The molecular weight excluding hydrogens is 208 g/mol. The molecule has 0 radical (unpaired) electrons. The van der Waals surface area contributed by atoms with Crippen molar-refractivity contribution in [1.82, 2.24) is 0 Å². The van der Waals surface area contributed by atoms with Gasteiger partial charge in [-0.15, -0.1) is 0 Å². The van der Waals surface area contributed by atoms with Crippen LogP contribution in [0.5, 0.6) is 0 Å². The molecule has 1 N–H and O–H groups in total. The molecule has 0 spiro atoms. The van der Waals surface area contributed by atoms with Gasteiger partial charge >= 0.3 is 0 Å². The number of hydrogen-bond donors (Lipinski definition) is 1. The molecule has 0 unspecified atom stereocenters. The molecule has 0 saturated carbocycles. The smallest absolute Gasteiger partial charge is 0.101 e. The molecule has 1 aliphatic rings. The van der Waals surface area contributed by atoms with Gasteiger partial charge in [0, 0.05) is 6.04 Å². The second kappa shape index (κ2) is 4.37. The third kappa shape index (κ3) is 2.14. The van der Waals surface area contributed by atoms with E-state index < -0.39 is 0 Å². The highest BCUT2D eigenvalue weighted by Crippen LogP contribution is 2.28. The van der Waals surface area contributed by atoms with Crippen molar-refractivity contribution in [3.63, 3.8) is 0 Å². The first kappa shape index (κ1) is 10.1. The van der Waals surface area contributed by atoms with Gasteiger partial charge in [-0.1, -0.05) is 29.8 Å². The van der Waals surface area contributed by atoms with Gasteiger partial charge in [0.15, 0.2) is 0 Å². The lowest BCUT2D eigenvalue weighted by Crippen LogP contribution is -2.16. The largest absolute Gasteiger partial charge is 0.379 e. The maximum Gasteiger partial charge on any atom is 0.101 e. The van der Waals surface area contributed by atoms with Gasteiger partial charge in [0.25, 0.3) is 0 Å². The maximum atomic E-state index is 8.95. The second-order valence-corrected chi connectivity index (χ2v) is 3.97. The minimum atomic E-state index is 0.372. The minimum Gasteiger partial charge on any atom is -0.379 e. The topological polar surface area (TPSA) is 35.8 Å². The van der Waals surface area contributed by atoms with E-state index in [1.165, 1.54) is 0 Å². The normalized spacial score (nSPS) is 15.2. The summed E-state index contributed by atoms with van der Waals surface area (Å²) in [4.78, 5) is 0. The number of benzene rings is 1. The third-order valence-electron chi connectivity index (χ3n) is 2.49. The number of halogens is 1. The van der Waals surface area contributed by atoms with Crippen molar-refractivity contribution >= 4 is 17.3 Å². The number of rotatable bonds is 2. The first-order valence-corrected chi connectivity index (χ1v) is 5.29. The van der Waals surface area contributed by atoms with E-state index in [0.29, 0.717) is 16.6 Å². The van der Waals surface area contributed by atoms with Gasteiger partial charge in [-0.3, -0.25) is 0 Å². The van der Waals surface area contributed by atoms with Gasteiger partial charge in [-0.25, -0.2) is 0 Å². The standard InChI is InChI=1S/C12H11ClN2/c13-11-7-3-4-9(8-14)12(11)15-10-5-1-2-6-10/h1-4,7,10,15H,5-6H2. The Bertz CT molecular complexity index is 424. The molecular formula is C12H11ClN2. The molecule has 0 bridgehead atoms. The van der Waals surface area contributed by atoms with E-state index in [0.717, 1.165) is 18.5 Å². The van der Waals surface area contributed by atoms with E-state index in [1.54, 1.807) is 18.2 Å². The van der Waals surface area contributed by atoms with E-state index in [2.05, 4.69) is 23.5 Å². The summed E-state index contributed by atoms with van der Waals surface area (Å²) in [6.45, 7) is 0. The van der Waals surface area contributed by atoms with Crippen molar-refractivity contribution in [2.24, 2.45) is 0 Å². The van der Waals surface area contributed by atoms with Crippen LogP contribution in [0.4, 0.5) is 5.69 Å². The molecule has 0 saturated heterocycles. The van der Waals surface area contributed by atoms with Gasteiger partial charge in [0.05, 0.1) is 16.3 Å². The summed E-state index contributed by atoms with van der Waals surface area (Å²) in [6.07, 6.45) is 6.27. The highest BCUT2D eigenvalue weighted by Gasteiger charge is 2.13. The van der Waals surface area contributed by atoms with E-state index in [1.807, 2.05) is 0 Å². The highest BCUT2D eigenvalue weighted by molar-refractivity contribution is 6.33. The third-order valence-corrected chi connectivity index (χ3v) is 2.81. The molecule has 76 valence electrons. The molecule has 1 aliphatic carbocycles. The zero-order chi connectivity index (χ0) is 10.7. The van der Waals surface area contributed by atoms with Crippen LogP contribution in [-0.4, -0.2) is 6.04 Å². The maximum absolute atomic E-state index is 8.95. The molecule has 0 amide bonds. The average molecular weight is 219 g/mol. The minimum absolute atomic E-state index is 0.372. The number of para-hydroxylation sites is 1. The van der Waals surface area contributed by atoms with Gasteiger partial charge in [-0.2, -0.15) is 5.26 Å². The van der Waals surface area contributed by atoms with E-state index in [4.69, 9.17) is 16.9 Å². The van der Waals surface area contributed by atoms with E-state index >= 15 is 0 Å². The lowest BCUT2D eigenvalue weighted by molar-refractivity contribution is 0.786. The summed E-state index contributed by atoms with van der Waals surface area (Å²) in [6, 6.07) is 7.88. The van der Waals surface area contributed by atoms with Gasteiger partial charge in [0.2, 0.25) is 0 Å². The fourth-order valence-corrected chi connectivity index (χ4v) is 1.93. The van der Waals surface area contributed by atoms with Crippen molar-refractivity contribution in [2.45, 2.75) is 18.9 Å².